The van der Waals surface area contributed by atoms with Crippen molar-refractivity contribution in [2.45, 2.75) is 25.7 Å². The third-order valence-electron chi connectivity index (χ3n) is 3.64. The normalized spacial score (nSPS) is 17.3. The molecule has 0 aromatic carbocycles. The van der Waals surface area contributed by atoms with Gasteiger partial charge in [-0.15, -0.1) is 24.0 Å². The van der Waals surface area contributed by atoms with Gasteiger partial charge < -0.3 is 20.6 Å². The molecule has 1 saturated carbocycles. The van der Waals surface area contributed by atoms with E-state index >= 15 is 0 Å². The lowest BCUT2D eigenvalue weighted by Crippen LogP contribution is -2.49. The molecule has 0 aromatic rings. The van der Waals surface area contributed by atoms with Crippen LogP contribution in [0.1, 0.15) is 25.7 Å². The maximum atomic E-state index is 12.4. The average molecular weight is 398 g/mol. The SMILES string of the molecule is CN=C(NCCO)NCC1(C(=O)N(C)C)CCCC1.I. The van der Waals surface area contributed by atoms with Gasteiger partial charge in [0, 0.05) is 34.2 Å². The van der Waals surface area contributed by atoms with Crippen LogP contribution >= 0.6 is 24.0 Å². The van der Waals surface area contributed by atoms with Crippen molar-refractivity contribution in [3.63, 3.8) is 0 Å². The molecule has 0 spiro atoms. The number of hydrogen-bond acceptors (Lipinski definition) is 3. The van der Waals surface area contributed by atoms with E-state index in [1.54, 1.807) is 26.0 Å². The van der Waals surface area contributed by atoms with Crippen molar-refractivity contribution < 1.29 is 9.90 Å². The molecule has 1 aliphatic carbocycles. The molecule has 20 heavy (non-hydrogen) atoms. The third kappa shape index (κ3) is 5.08. The zero-order chi connectivity index (χ0) is 14.3. The highest BCUT2D eigenvalue weighted by molar-refractivity contribution is 14.0. The molecule has 0 saturated heterocycles. The van der Waals surface area contributed by atoms with Gasteiger partial charge in [0.05, 0.1) is 12.0 Å². The fourth-order valence-electron chi connectivity index (χ4n) is 2.64. The summed E-state index contributed by atoms with van der Waals surface area (Å²) in [6.07, 6.45) is 4.05. The maximum absolute atomic E-state index is 12.4. The quantitative estimate of drug-likeness (QED) is 0.356. The predicted octanol–water partition coefficient (Wildman–Crippen LogP) is 0.410. The summed E-state index contributed by atoms with van der Waals surface area (Å²) >= 11 is 0. The van der Waals surface area contributed by atoms with Gasteiger partial charge in [0.2, 0.25) is 5.91 Å². The standard InChI is InChI=1S/C13H26N4O2.HI/c1-14-12(15-8-9-18)16-10-13(6-4-5-7-13)11(19)17(2)3;/h18H,4-10H2,1-3H3,(H2,14,15,16);1H. The maximum Gasteiger partial charge on any atom is 0.230 e. The smallest absolute Gasteiger partial charge is 0.230 e. The van der Waals surface area contributed by atoms with E-state index in [0.29, 0.717) is 19.0 Å². The molecule has 0 aromatic heterocycles. The number of aliphatic hydroxyl groups is 1. The van der Waals surface area contributed by atoms with Gasteiger partial charge in [0.15, 0.2) is 5.96 Å². The minimum absolute atomic E-state index is 0. The molecular weight excluding hydrogens is 371 g/mol. The first-order valence-corrected chi connectivity index (χ1v) is 6.83. The van der Waals surface area contributed by atoms with Crippen LogP contribution in [0.2, 0.25) is 0 Å². The Hall–Kier alpha value is -0.570. The van der Waals surface area contributed by atoms with Crippen LogP contribution in [0, 0.1) is 5.41 Å². The Kier molecular flexibility index (Phi) is 9.11. The van der Waals surface area contributed by atoms with Gasteiger partial charge in [-0.1, -0.05) is 12.8 Å². The Balaban J connectivity index is 0.00000361. The summed E-state index contributed by atoms with van der Waals surface area (Å²) in [4.78, 5) is 18.1. The predicted molar refractivity (Wildman–Crippen MR) is 91.5 cm³/mol. The topological polar surface area (TPSA) is 77.0 Å². The zero-order valence-corrected chi connectivity index (χ0v) is 14.9. The van der Waals surface area contributed by atoms with Gasteiger partial charge in [-0.2, -0.15) is 0 Å². The van der Waals surface area contributed by atoms with E-state index in [4.69, 9.17) is 5.11 Å². The highest BCUT2D eigenvalue weighted by Gasteiger charge is 2.41. The van der Waals surface area contributed by atoms with Crippen LogP contribution < -0.4 is 10.6 Å². The summed E-state index contributed by atoms with van der Waals surface area (Å²) in [6.45, 7) is 1.10. The molecule has 0 heterocycles. The van der Waals surface area contributed by atoms with Gasteiger partial charge in [-0.25, -0.2) is 0 Å². The first-order valence-electron chi connectivity index (χ1n) is 6.83. The summed E-state index contributed by atoms with van der Waals surface area (Å²) in [5.74, 6) is 0.821. The van der Waals surface area contributed by atoms with E-state index in [9.17, 15) is 4.79 Å². The summed E-state index contributed by atoms with van der Waals surface area (Å²) in [7, 11) is 5.30. The number of aliphatic hydroxyl groups excluding tert-OH is 1. The number of hydrogen-bond donors (Lipinski definition) is 3. The Bertz CT molecular complexity index is 328. The molecule has 0 unspecified atom stereocenters. The average Bonchev–Trinajstić information content (AvgIpc) is 2.88. The van der Waals surface area contributed by atoms with Crippen molar-refractivity contribution in [2.75, 3.05) is 40.8 Å². The van der Waals surface area contributed by atoms with Crippen molar-refractivity contribution in [2.24, 2.45) is 10.4 Å². The van der Waals surface area contributed by atoms with Crippen LogP contribution in [0.4, 0.5) is 0 Å². The van der Waals surface area contributed by atoms with Gasteiger partial charge in [-0.05, 0) is 12.8 Å². The molecule has 1 rings (SSSR count). The first-order chi connectivity index (χ1) is 9.05. The van der Waals surface area contributed by atoms with Crippen LogP contribution in [-0.2, 0) is 4.79 Å². The minimum Gasteiger partial charge on any atom is -0.395 e. The number of halogens is 1. The molecule has 0 bridgehead atoms. The number of amides is 1. The molecule has 1 fully saturated rings. The molecule has 0 radical (unpaired) electrons. The summed E-state index contributed by atoms with van der Waals surface area (Å²) < 4.78 is 0. The molecule has 1 aliphatic rings. The lowest BCUT2D eigenvalue weighted by atomic mass is 9.84. The molecule has 0 atom stereocenters. The highest BCUT2D eigenvalue weighted by atomic mass is 127. The fraction of sp³-hybridized carbons (Fsp3) is 0.846. The van der Waals surface area contributed by atoms with E-state index in [1.807, 2.05) is 0 Å². The Morgan fingerprint density at radius 3 is 2.35 bits per heavy atom. The van der Waals surface area contributed by atoms with E-state index in [-0.39, 0.29) is 41.9 Å². The van der Waals surface area contributed by atoms with Crippen LogP contribution in [0.15, 0.2) is 4.99 Å². The highest BCUT2D eigenvalue weighted by Crippen LogP contribution is 2.38. The van der Waals surface area contributed by atoms with Crippen LogP contribution in [0.3, 0.4) is 0 Å². The van der Waals surface area contributed by atoms with Crippen LogP contribution in [-0.4, -0.2) is 62.7 Å². The monoisotopic (exact) mass is 398 g/mol. The van der Waals surface area contributed by atoms with Crippen molar-refractivity contribution in [3.8, 4) is 0 Å². The van der Waals surface area contributed by atoms with Crippen LogP contribution in [0.5, 0.6) is 0 Å². The van der Waals surface area contributed by atoms with Gasteiger partial charge in [0.25, 0.3) is 0 Å². The molecule has 0 aliphatic heterocycles. The summed E-state index contributed by atoms with van der Waals surface area (Å²) in [6, 6.07) is 0. The lowest BCUT2D eigenvalue weighted by Gasteiger charge is -2.31. The Labute approximate surface area is 138 Å². The molecule has 6 nitrogen and oxygen atoms in total. The number of aliphatic imine (C=N–C) groups is 1. The number of nitrogens with zero attached hydrogens (tertiary/aromatic N) is 2. The molecule has 1 amide bonds. The molecule has 118 valence electrons. The minimum atomic E-state index is -0.305. The number of guanidine groups is 1. The van der Waals surface area contributed by atoms with Gasteiger partial charge in [-0.3, -0.25) is 9.79 Å². The van der Waals surface area contributed by atoms with Crippen molar-refractivity contribution in [3.05, 3.63) is 0 Å². The Morgan fingerprint density at radius 1 is 1.30 bits per heavy atom. The largest absolute Gasteiger partial charge is 0.395 e. The van der Waals surface area contributed by atoms with Gasteiger partial charge in [0.1, 0.15) is 0 Å². The van der Waals surface area contributed by atoms with E-state index in [2.05, 4.69) is 15.6 Å². The van der Waals surface area contributed by atoms with E-state index in [0.717, 1.165) is 25.7 Å². The van der Waals surface area contributed by atoms with Crippen molar-refractivity contribution >= 4 is 35.8 Å². The second kappa shape index (κ2) is 9.38. The lowest BCUT2D eigenvalue weighted by molar-refractivity contribution is -0.138. The Morgan fingerprint density at radius 2 is 1.90 bits per heavy atom. The molecular formula is C13H27IN4O2. The van der Waals surface area contributed by atoms with E-state index < -0.39 is 0 Å². The number of carbonyl (C=O) groups is 1. The van der Waals surface area contributed by atoms with Crippen molar-refractivity contribution in [1.82, 2.24) is 15.5 Å². The van der Waals surface area contributed by atoms with Crippen molar-refractivity contribution in [1.29, 1.82) is 0 Å². The van der Waals surface area contributed by atoms with E-state index in [1.165, 1.54) is 0 Å². The molecule has 7 heteroatoms. The van der Waals surface area contributed by atoms with Gasteiger partial charge >= 0.3 is 0 Å². The number of nitrogens with one attached hydrogen (secondary N) is 2. The summed E-state index contributed by atoms with van der Waals surface area (Å²) in [5, 5.41) is 15.0. The van der Waals surface area contributed by atoms with Crippen LogP contribution in [0.25, 0.3) is 0 Å². The second-order valence-corrected chi connectivity index (χ2v) is 5.26. The zero-order valence-electron chi connectivity index (χ0n) is 12.6. The third-order valence-corrected chi connectivity index (χ3v) is 3.64. The number of carbonyl (C=O) groups excluding carboxylic acids is 1. The summed E-state index contributed by atoms with van der Waals surface area (Å²) in [5.41, 5.74) is -0.305. The first kappa shape index (κ1) is 19.4. The molecule has 3 N–H and O–H groups in total. The fourth-order valence-corrected chi connectivity index (χ4v) is 2.64. The second-order valence-electron chi connectivity index (χ2n) is 5.26. The number of rotatable bonds is 5.